The molecule has 0 aromatic heterocycles. The van der Waals surface area contributed by atoms with Crippen molar-refractivity contribution in [2.45, 2.75) is 0 Å². The Bertz CT molecular complexity index is 411. The highest BCUT2D eigenvalue weighted by Crippen LogP contribution is 2.20. The van der Waals surface area contributed by atoms with Gasteiger partial charge in [-0.1, -0.05) is 30.3 Å². The topological polar surface area (TPSA) is 55.6 Å². The van der Waals surface area contributed by atoms with Crippen LogP contribution in [-0.4, -0.2) is 36.1 Å². The predicted octanol–water partition coefficient (Wildman–Crippen LogP) is 1.59. The number of nitrogens with zero attached hydrogens (tertiary/aromatic N) is 2. The normalized spacial score (nSPS) is 16.9. The van der Waals surface area contributed by atoms with E-state index in [4.69, 9.17) is 4.74 Å². The summed E-state index contributed by atoms with van der Waals surface area (Å²) in [4.78, 5) is 12.3. The Labute approximate surface area is 99.5 Å². The number of hydrogen-bond donors (Lipinski definition) is 0. The molecule has 0 spiro atoms. The lowest BCUT2D eigenvalue weighted by Crippen LogP contribution is -2.35. The average molecular weight is 234 g/mol. The fourth-order valence-corrected chi connectivity index (χ4v) is 1.85. The Morgan fingerprint density at radius 3 is 2.53 bits per heavy atom. The SMILES string of the molecule is O=[N+]([O-])C=C(c1ccccc1)N1CCOCC1. The number of rotatable bonds is 3. The van der Waals surface area contributed by atoms with E-state index in [0.717, 1.165) is 11.8 Å². The molecule has 90 valence electrons. The minimum absolute atomic E-state index is 0.405. The van der Waals surface area contributed by atoms with Crippen LogP contribution < -0.4 is 0 Å². The van der Waals surface area contributed by atoms with Crippen LogP contribution in [0.25, 0.3) is 5.70 Å². The van der Waals surface area contributed by atoms with Gasteiger partial charge in [-0.15, -0.1) is 0 Å². The second kappa shape index (κ2) is 5.45. The summed E-state index contributed by atoms with van der Waals surface area (Å²) >= 11 is 0. The van der Waals surface area contributed by atoms with E-state index in [2.05, 4.69) is 0 Å². The van der Waals surface area contributed by atoms with Gasteiger partial charge < -0.3 is 9.64 Å². The van der Waals surface area contributed by atoms with Gasteiger partial charge in [0.25, 0.3) is 6.20 Å². The third-order valence-electron chi connectivity index (χ3n) is 2.65. The van der Waals surface area contributed by atoms with Gasteiger partial charge in [0.2, 0.25) is 0 Å². The third-order valence-corrected chi connectivity index (χ3v) is 2.65. The minimum Gasteiger partial charge on any atom is -0.378 e. The summed E-state index contributed by atoms with van der Waals surface area (Å²) in [6.07, 6.45) is 1.07. The first-order chi connectivity index (χ1) is 8.27. The number of hydrogen-bond acceptors (Lipinski definition) is 4. The molecule has 17 heavy (non-hydrogen) atoms. The Morgan fingerprint density at radius 1 is 1.29 bits per heavy atom. The second-order valence-electron chi connectivity index (χ2n) is 3.77. The van der Waals surface area contributed by atoms with Crippen LogP contribution in [0.5, 0.6) is 0 Å². The lowest BCUT2D eigenvalue weighted by molar-refractivity contribution is -0.402. The van der Waals surface area contributed by atoms with Gasteiger partial charge in [-0.25, -0.2) is 0 Å². The summed E-state index contributed by atoms with van der Waals surface area (Å²) in [6, 6.07) is 9.41. The molecule has 0 saturated carbocycles. The van der Waals surface area contributed by atoms with Crippen LogP contribution >= 0.6 is 0 Å². The van der Waals surface area contributed by atoms with E-state index in [0.29, 0.717) is 32.0 Å². The second-order valence-corrected chi connectivity index (χ2v) is 3.77. The van der Waals surface area contributed by atoms with Gasteiger partial charge in [0.15, 0.2) is 0 Å². The summed E-state index contributed by atoms with van der Waals surface area (Å²) in [5, 5.41) is 10.7. The number of benzene rings is 1. The monoisotopic (exact) mass is 234 g/mol. The molecule has 0 unspecified atom stereocenters. The molecule has 5 heteroatoms. The van der Waals surface area contributed by atoms with Gasteiger partial charge in [-0.3, -0.25) is 10.1 Å². The van der Waals surface area contributed by atoms with Crippen molar-refractivity contribution in [1.82, 2.24) is 4.90 Å². The molecule has 0 amide bonds. The summed E-state index contributed by atoms with van der Waals surface area (Å²) in [7, 11) is 0. The van der Waals surface area contributed by atoms with Gasteiger partial charge in [-0.05, 0) is 0 Å². The van der Waals surface area contributed by atoms with Gasteiger partial charge in [-0.2, -0.15) is 0 Å². The smallest absolute Gasteiger partial charge is 0.258 e. The van der Waals surface area contributed by atoms with Crippen molar-refractivity contribution in [3.8, 4) is 0 Å². The highest BCUT2D eigenvalue weighted by Gasteiger charge is 2.17. The molecular formula is C12H14N2O3. The molecule has 1 aliphatic heterocycles. The molecule has 0 bridgehead atoms. The third kappa shape index (κ3) is 3.04. The molecule has 1 heterocycles. The lowest BCUT2D eigenvalue weighted by atomic mass is 10.1. The quantitative estimate of drug-likeness (QED) is 0.588. The van der Waals surface area contributed by atoms with Gasteiger partial charge in [0.1, 0.15) is 5.70 Å². The molecule has 5 nitrogen and oxygen atoms in total. The fraction of sp³-hybridized carbons (Fsp3) is 0.333. The Hall–Kier alpha value is -1.88. The van der Waals surface area contributed by atoms with Crippen molar-refractivity contribution in [1.29, 1.82) is 0 Å². The summed E-state index contributed by atoms with van der Waals surface area (Å²) in [6.45, 7) is 2.60. The standard InChI is InChI=1S/C12H14N2O3/c15-14(16)10-12(11-4-2-1-3-5-11)13-6-8-17-9-7-13/h1-5,10H,6-9H2. The van der Waals surface area contributed by atoms with Crippen LogP contribution in [0.15, 0.2) is 36.5 Å². The van der Waals surface area contributed by atoms with E-state index in [-0.39, 0.29) is 0 Å². The van der Waals surface area contributed by atoms with Gasteiger partial charge in [0, 0.05) is 18.7 Å². The molecule has 1 fully saturated rings. The number of morpholine rings is 1. The molecular weight excluding hydrogens is 220 g/mol. The van der Waals surface area contributed by atoms with Crippen LogP contribution in [0.1, 0.15) is 5.56 Å². The van der Waals surface area contributed by atoms with Crippen molar-refractivity contribution in [2.24, 2.45) is 0 Å². The summed E-state index contributed by atoms with van der Waals surface area (Å²) in [5.74, 6) is 0. The van der Waals surface area contributed by atoms with E-state index in [1.807, 2.05) is 35.2 Å². The van der Waals surface area contributed by atoms with Gasteiger partial charge in [0.05, 0.1) is 18.1 Å². The van der Waals surface area contributed by atoms with Crippen molar-refractivity contribution in [3.05, 3.63) is 52.2 Å². The minimum atomic E-state index is -0.405. The zero-order chi connectivity index (χ0) is 12.1. The van der Waals surface area contributed by atoms with Crippen molar-refractivity contribution < 1.29 is 9.66 Å². The maximum absolute atomic E-state index is 10.7. The Balaban J connectivity index is 2.28. The zero-order valence-corrected chi connectivity index (χ0v) is 9.41. The summed E-state index contributed by atoms with van der Waals surface area (Å²) in [5.41, 5.74) is 1.52. The van der Waals surface area contributed by atoms with E-state index in [1.165, 1.54) is 0 Å². The summed E-state index contributed by atoms with van der Waals surface area (Å²) < 4.78 is 5.25. The molecule has 0 N–H and O–H groups in total. The molecule has 1 aliphatic rings. The van der Waals surface area contributed by atoms with Crippen molar-refractivity contribution >= 4 is 5.70 Å². The molecule has 1 aromatic carbocycles. The molecule has 0 aliphatic carbocycles. The van der Waals surface area contributed by atoms with Crippen molar-refractivity contribution in [2.75, 3.05) is 26.3 Å². The highest BCUT2D eigenvalue weighted by atomic mass is 16.6. The number of ether oxygens (including phenoxy) is 1. The Kier molecular flexibility index (Phi) is 3.72. The first-order valence-corrected chi connectivity index (χ1v) is 5.51. The first kappa shape index (κ1) is 11.6. The fourth-order valence-electron chi connectivity index (χ4n) is 1.85. The largest absolute Gasteiger partial charge is 0.378 e. The van der Waals surface area contributed by atoms with Gasteiger partial charge >= 0.3 is 0 Å². The van der Waals surface area contributed by atoms with E-state index in [1.54, 1.807) is 0 Å². The van der Waals surface area contributed by atoms with Crippen LogP contribution in [0, 0.1) is 10.1 Å². The highest BCUT2D eigenvalue weighted by molar-refractivity contribution is 5.63. The molecule has 0 atom stereocenters. The molecule has 0 radical (unpaired) electrons. The zero-order valence-electron chi connectivity index (χ0n) is 9.41. The Morgan fingerprint density at radius 2 is 1.94 bits per heavy atom. The molecule has 2 rings (SSSR count). The van der Waals surface area contributed by atoms with Crippen LogP contribution in [-0.2, 0) is 4.74 Å². The van der Waals surface area contributed by atoms with E-state index >= 15 is 0 Å². The lowest BCUT2D eigenvalue weighted by Gasteiger charge is -2.29. The molecule has 1 saturated heterocycles. The van der Waals surface area contributed by atoms with E-state index in [9.17, 15) is 10.1 Å². The maximum Gasteiger partial charge on any atom is 0.258 e. The maximum atomic E-state index is 10.7. The number of nitro groups is 1. The van der Waals surface area contributed by atoms with Crippen molar-refractivity contribution in [3.63, 3.8) is 0 Å². The predicted molar refractivity (Wildman–Crippen MR) is 63.8 cm³/mol. The van der Waals surface area contributed by atoms with E-state index < -0.39 is 4.92 Å². The van der Waals surface area contributed by atoms with Crippen LogP contribution in [0.2, 0.25) is 0 Å². The van der Waals surface area contributed by atoms with Crippen LogP contribution in [0.3, 0.4) is 0 Å². The first-order valence-electron chi connectivity index (χ1n) is 5.51. The average Bonchev–Trinajstić information content (AvgIpc) is 2.38. The van der Waals surface area contributed by atoms with Crippen LogP contribution in [0.4, 0.5) is 0 Å². The molecule has 1 aromatic rings.